The highest BCUT2D eigenvalue weighted by atomic mass is 16.4. The minimum Gasteiger partial charge on any atom is -0.481 e. The van der Waals surface area contributed by atoms with E-state index in [1.165, 1.54) is 0 Å². The van der Waals surface area contributed by atoms with Gasteiger partial charge in [-0.2, -0.15) is 0 Å². The van der Waals surface area contributed by atoms with Crippen molar-refractivity contribution in [2.24, 2.45) is 5.41 Å². The highest BCUT2D eigenvalue weighted by Gasteiger charge is 2.44. The summed E-state index contributed by atoms with van der Waals surface area (Å²) in [6.45, 7) is 3.17. The van der Waals surface area contributed by atoms with Crippen LogP contribution in [0.5, 0.6) is 0 Å². The smallest absolute Gasteiger partial charge is 0.317 e. The van der Waals surface area contributed by atoms with Crippen LogP contribution in [0.25, 0.3) is 0 Å². The van der Waals surface area contributed by atoms with E-state index < -0.39 is 11.4 Å². The van der Waals surface area contributed by atoms with Crippen molar-refractivity contribution in [2.45, 2.75) is 26.2 Å². The summed E-state index contributed by atoms with van der Waals surface area (Å²) in [6.07, 6.45) is 5.26. The van der Waals surface area contributed by atoms with Crippen LogP contribution < -0.4 is 5.32 Å². The number of hydrogen-bond donors (Lipinski definition) is 2. The molecule has 1 aromatic heterocycles. The number of carbonyl (C=O) groups is 2. The van der Waals surface area contributed by atoms with Gasteiger partial charge in [0.05, 0.1) is 5.41 Å². The number of aliphatic carboxylic acids is 1. The summed E-state index contributed by atoms with van der Waals surface area (Å²) in [6, 6.07) is 3.64. The molecule has 114 valence electrons. The van der Waals surface area contributed by atoms with Crippen molar-refractivity contribution < 1.29 is 14.7 Å². The zero-order valence-electron chi connectivity index (χ0n) is 12.2. The molecule has 1 aliphatic heterocycles. The first-order valence-corrected chi connectivity index (χ1v) is 7.22. The molecule has 1 aliphatic rings. The van der Waals surface area contributed by atoms with Crippen LogP contribution >= 0.6 is 0 Å². The predicted molar refractivity (Wildman–Crippen MR) is 77.9 cm³/mol. The maximum absolute atomic E-state index is 12.1. The molecular formula is C15H21N3O3. The Hall–Kier alpha value is -2.11. The Bertz CT molecular complexity index is 506. The van der Waals surface area contributed by atoms with Gasteiger partial charge in [0.25, 0.3) is 0 Å². The van der Waals surface area contributed by atoms with Gasteiger partial charge in [0.2, 0.25) is 0 Å². The maximum Gasteiger partial charge on any atom is 0.317 e. The van der Waals surface area contributed by atoms with E-state index in [1.54, 1.807) is 17.3 Å². The molecule has 1 saturated heterocycles. The van der Waals surface area contributed by atoms with E-state index in [4.69, 9.17) is 0 Å². The Morgan fingerprint density at radius 2 is 2.33 bits per heavy atom. The molecule has 0 aliphatic carbocycles. The van der Waals surface area contributed by atoms with Crippen molar-refractivity contribution in [2.75, 3.05) is 19.6 Å². The monoisotopic (exact) mass is 291 g/mol. The van der Waals surface area contributed by atoms with Gasteiger partial charge in [-0.1, -0.05) is 13.0 Å². The van der Waals surface area contributed by atoms with Crippen molar-refractivity contribution in [1.82, 2.24) is 15.2 Å². The lowest BCUT2D eigenvalue weighted by atomic mass is 9.84. The lowest BCUT2D eigenvalue weighted by molar-refractivity contribution is -0.148. The summed E-state index contributed by atoms with van der Waals surface area (Å²) in [4.78, 5) is 29.0. The van der Waals surface area contributed by atoms with Crippen LogP contribution in [0.1, 0.15) is 25.3 Å². The third-order valence-electron chi connectivity index (χ3n) is 4.18. The van der Waals surface area contributed by atoms with E-state index in [-0.39, 0.29) is 12.6 Å². The average Bonchev–Trinajstić information content (AvgIpc) is 2.94. The summed E-state index contributed by atoms with van der Waals surface area (Å²) in [5.74, 6) is -0.810. The minimum absolute atomic E-state index is 0.185. The van der Waals surface area contributed by atoms with E-state index in [9.17, 15) is 14.7 Å². The second-order valence-corrected chi connectivity index (χ2v) is 5.45. The standard InChI is InChI=1S/C15H21N3O3/c1-2-15(13(19)20)6-9-18(11-15)14(21)17-8-5-12-4-3-7-16-10-12/h3-4,7,10H,2,5-6,8-9,11H2,1H3,(H,17,21)(H,19,20). The molecule has 0 bridgehead atoms. The Kier molecular flexibility index (Phi) is 4.77. The Morgan fingerprint density at radius 1 is 1.52 bits per heavy atom. The fourth-order valence-corrected chi connectivity index (χ4v) is 2.63. The minimum atomic E-state index is -0.810. The first kappa shape index (κ1) is 15.3. The largest absolute Gasteiger partial charge is 0.481 e. The van der Waals surface area contributed by atoms with Crippen molar-refractivity contribution in [1.29, 1.82) is 0 Å². The molecule has 6 heteroatoms. The van der Waals surface area contributed by atoms with Crippen molar-refractivity contribution >= 4 is 12.0 Å². The number of aromatic nitrogens is 1. The van der Waals surface area contributed by atoms with E-state index in [0.29, 0.717) is 32.4 Å². The molecule has 6 nitrogen and oxygen atoms in total. The number of nitrogens with zero attached hydrogens (tertiary/aromatic N) is 2. The number of carboxylic acids is 1. The van der Waals surface area contributed by atoms with Crippen LogP contribution in [0, 0.1) is 5.41 Å². The number of likely N-dealkylation sites (tertiary alicyclic amines) is 1. The number of pyridine rings is 1. The first-order chi connectivity index (χ1) is 10.1. The number of amides is 2. The van der Waals surface area contributed by atoms with Gasteiger partial charge in [-0.05, 0) is 30.9 Å². The summed E-state index contributed by atoms with van der Waals surface area (Å²) >= 11 is 0. The van der Waals surface area contributed by atoms with Crippen LogP contribution in [0.2, 0.25) is 0 Å². The van der Waals surface area contributed by atoms with E-state index in [2.05, 4.69) is 10.3 Å². The van der Waals surface area contributed by atoms with Gasteiger partial charge in [-0.25, -0.2) is 4.79 Å². The molecule has 0 radical (unpaired) electrons. The van der Waals surface area contributed by atoms with Crippen LogP contribution in [-0.2, 0) is 11.2 Å². The molecule has 0 saturated carbocycles. The van der Waals surface area contributed by atoms with Gasteiger partial charge in [-0.3, -0.25) is 9.78 Å². The van der Waals surface area contributed by atoms with Gasteiger partial charge >= 0.3 is 12.0 Å². The second kappa shape index (κ2) is 6.56. The lowest BCUT2D eigenvalue weighted by Crippen LogP contribution is -2.42. The van der Waals surface area contributed by atoms with E-state index >= 15 is 0 Å². The molecule has 2 amide bonds. The average molecular weight is 291 g/mol. The zero-order chi connectivity index (χ0) is 15.3. The van der Waals surface area contributed by atoms with Crippen molar-refractivity contribution in [3.8, 4) is 0 Å². The number of hydrogen-bond acceptors (Lipinski definition) is 3. The van der Waals surface area contributed by atoms with Crippen LogP contribution in [0.4, 0.5) is 4.79 Å². The summed E-state index contributed by atoms with van der Waals surface area (Å²) in [5.41, 5.74) is 0.286. The predicted octanol–water partition coefficient (Wildman–Crippen LogP) is 1.52. The molecule has 0 spiro atoms. The summed E-state index contributed by atoms with van der Waals surface area (Å²) in [7, 11) is 0. The number of nitrogens with one attached hydrogen (secondary N) is 1. The fourth-order valence-electron chi connectivity index (χ4n) is 2.63. The van der Waals surface area contributed by atoms with Gasteiger partial charge < -0.3 is 15.3 Å². The molecule has 2 heterocycles. The Labute approximate surface area is 124 Å². The van der Waals surface area contributed by atoms with E-state index in [1.807, 2.05) is 19.1 Å². The van der Waals surface area contributed by atoms with Crippen LogP contribution in [0.15, 0.2) is 24.5 Å². The summed E-state index contributed by atoms with van der Waals surface area (Å²) in [5, 5.41) is 12.2. The molecule has 21 heavy (non-hydrogen) atoms. The lowest BCUT2D eigenvalue weighted by Gasteiger charge is -2.23. The topological polar surface area (TPSA) is 82.5 Å². The highest BCUT2D eigenvalue weighted by molar-refractivity contribution is 5.79. The van der Waals surface area contributed by atoms with Gasteiger partial charge in [0, 0.05) is 32.0 Å². The molecule has 0 aromatic carbocycles. The molecule has 2 rings (SSSR count). The molecule has 1 fully saturated rings. The van der Waals surface area contributed by atoms with Gasteiger partial charge in [0.15, 0.2) is 0 Å². The summed E-state index contributed by atoms with van der Waals surface area (Å²) < 4.78 is 0. The van der Waals surface area contributed by atoms with Crippen molar-refractivity contribution in [3.05, 3.63) is 30.1 Å². The molecule has 1 atom stereocenters. The maximum atomic E-state index is 12.1. The number of carbonyl (C=O) groups excluding carboxylic acids is 1. The Morgan fingerprint density at radius 3 is 2.90 bits per heavy atom. The Balaban J connectivity index is 1.81. The molecule has 1 unspecified atom stereocenters. The highest BCUT2D eigenvalue weighted by Crippen LogP contribution is 2.34. The quantitative estimate of drug-likeness (QED) is 0.861. The number of rotatable bonds is 5. The van der Waals surface area contributed by atoms with Gasteiger partial charge in [-0.15, -0.1) is 0 Å². The number of urea groups is 1. The fraction of sp³-hybridized carbons (Fsp3) is 0.533. The van der Waals surface area contributed by atoms with Gasteiger partial charge in [0.1, 0.15) is 0 Å². The molecule has 1 aromatic rings. The van der Waals surface area contributed by atoms with E-state index in [0.717, 1.165) is 5.56 Å². The second-order valence-electron chi connectivity index (χ2n) is 5.45. The first-order valence-electron chi connectivity index (χ1n) is 7.22. The van der Waals surface area contributed by atoms with Crippen LogP contribution in [0.3, 0.4) is 0 Å². The third kappa shape index (κ3) is 3.51. The molecular weight excluding hydrogens is 270 g/mol. The normalized spacial score (nSPS) is 21.3. The van der Waals surface area contributed by atoms with Crippen LogP contribution in [-0.4, -0.2) is 46.6 Å². The zero-order valence-corrected chi connectivity index (χ0v) is 12.2. The molecule has 2 N–H and O–H groups in total. The number of carboxylic acid groups (broad SMARTS) is 1. The third-order valence-corrected chi connectivity index (χ3v) is 4.18. The van der Waals surface area contributed by atoms with Crippen molar-refractivity contribution in [3.63, 3.8) is 0 Å². The SMILES string of the molecule is CCC1(C(=O)O)CCN(C(=O)NCCc2cccnc2)C1.